The highest BCUT2D eigenvalue weighted by Crippen LogP contribution is 2.73. The number of likely N-dealkylation sites (N-methyl/N-ethyl adjacent to an activating group) is 3. The van der Waals surface area contributed by atoms with Crippen molar-refractivity contribution in [2.24, 2.45) is 51.8 Å². The van der Waals surface area contributed by atoms with E-state index in [-0.39, 0.29) is 54.9 Å². The maximum atomic E-state index is 15.0. The van der Waals surface area contributed by atoms with Crippen molar-refractivity contribution in [3.63, 3.8) is 0 Å². The van der Waals surface area contributed by atoms with E-state index >= 15 is 4.79 Å². The minimum absolute atomic E-state index is 0.0240. The number of fused-ring (bicyclic) bond motifs is 2. The molecule has 5 aliphatic rings. The Labute approximate surface area is 382 Å². The smallest absolute Gasteiger partial charge is 0.312 e. The van der Waals surface area contributed by atoms with Crippen LogP contribution in [-0.2, 0) is 28.6 Å². The van der Waals surface area contributed by atoms with Crippen molar-refractivity contribution < 1.29 is 57.4 Å². The van der Waals surface area contributed by atoms with Crippen LogP contribution in [0.2, 0.25) is 0 Å². The molecule has 3 N–H and O–H groups in total. The number of quaternary nitrogens is 3. The maximum absolute atomic E-state index is 15.0. The van der Waals surface area contributed by atoms with Gasteiger partial charge in [-0.15, -0.1) is 0 Å². The van der Waals surface area contributed by atoms with Gasteiger partial charge in [-0.3, -0.25) is 14.4 Å². The van der Waals surface area contributed by atoms with Crippen molar-refractivity contribution in [3.05, 3.63) is 11.6 Å². The molecule has 11 atom stereocenters. The van der Waals surface area contributed by atoms with Gasteiger partial charge in [-0.05, 0) is 130 Å². The van der Waals surface area contributed by atoms with Crippen LogP contribution >= 0.6 is 0 Å². The van der Waals surface area contributed by atoms with E-state index in [2.05, 4.69) is 96.1 Å². The molecule has 5 rings (SSSR count). The zero-order valence-corrected chi connectivity index (χ0v) is 42.3. The largest absolute Gasteiger partial charge is 0.462 e. The van der Waals surface area contributed by atoms with Crippen LogP contribution in [-0.4, -0.2) is 163 Å². The number of nitrogens with zero attached hydrogens (tertiary/aromatic N) is 3. The summed E-state index contributed by atoms with van der Waals surface area (Å²) in [7, 11) is 0. The average molecular weight is 893 g/mol. The van der Waals surface area contributed by atoms with Crippen LogP contribution in [0.5, 0.6) is 0 Å². The minimum atomic E-state index is -0.864. The van der Waals surface area contributed by atoms with E-state index in [1.54, 1.807) is 0 Å². The Kier molecular flexibility index (Phi) is 18.4. The molecule has 0 aliphatic heterocycles. The topological polar surface area (TPSA) is 140 Å². The summed E-state index contributed by atoms with van der Waals surface area (Å²) in [4.78, 5) is 44.2. The van der Waals surface area contributed by atoms with Crippen LogP contribution in [0.25, 0.3) is 0 Å². The second-order valence-corrected chi connectivity index (χ2v) is 21.4. The zero-order valence-electron chi connectivity index (χ0n) is 42.3. The van der Waals surface area contributed by atoms with Crippen molar-refractivity contribution in [2.45, 2.75) is 147 Å². The first-order valence-electron chi connectivity index (χ1n) is 25.5. The van der Waals surface area contributed by atoms with Crippen LogP contribution in [0, 0.1) is 51.8 Å². The number of rotatable bonds is 25. The average Bonchev–Trinajstić information content (AvgIpc) is 3.28. The van der Waals surface area contributed by atoms with E-state index in [0.717, 1.165) is 76.2 Å². The van der Waals surface area contributed by atoms with E-state index < -0.39 is 52.9 Å². The first kappa shape index (κ1) is 53.5. The number of aliphatic hydroxyl groups is 3. The number of esters is 3. The fourth-order valence-corrected chi connectivity index (χ4v) is 14.1. The number of ether oxygens (including phenoxy) is 3. The number of aliphatic hydroxyl groups excluding tert-OH is 3. The van der Waals surface area contributed by atoms with E-state index in [0.29, 0.717) is 54.3 Å². The van der Waals surface area contributed by atoms with Gasteiger partial charge < -0.3 is 43.0 Å². The molecule has 0 aromatic rings. The molecule has 0 radical (unpaired) electrons. The molecule has 12 heteroatoms. The van der Waals surface area contributed by atoms with E-state index in [1.807, 2.05) is 0 Å². The molecule has 0 aromatic carbocycles. The van der Waals surface area contributed by atoms with E-state index in [9.17, 15) is 24.9 Å². The molecule has 63 heavy (non-hydrogen) atoms. The second-order valence-electron chi connectivity index (χ2n) is 21.4. The third-order valence-electron chi connectivity index (χ3n) is 18.7. The SMILES string of the molecule is CC[N+](CC)(CC)CC(O)COC(=O)C1C2C[C@H]3C(C=C2C(C)C)(CC[C@@H]2[C@]3(C)CCC[C@@]2(C)C(=O)OCC(O)C[N+](CC)(CC)CC)C1C(=O)OCC(O)C[N+](CC)(CC)CC. The first-order valence-corrected chi connectivity index (χ1v) is 25.5. The second kappa shape index (κ2) is 21.7. The molecule has 1 spiro atoms. The summed E-state index contributed by atoms with van der Waals surface area (Å²) in [5, 5.41) is 33.8. The van der Waals surface area contributed by atoms with Crippen molar-refractivity contribution in [3.8, 4) is 0 Å². The molecule has 0 amide bonds. The lowest BCUT2D eigenvalue weighted by atomic mass is 9.34. The Bertz CT molecular complexity index is 1530. The molecule has 0 aromatic heterocycles. The van der Waals surface area contributed by atoms with Gasteiger partial charge in [0.2, 0.25) is 0 Å². The fourth-order valence-electron chi connectivity index (χ4n) is 14.1. The number of allylic oxidation sites excluding steroid dienone is 2. The summed E-state index contributed by atoms with van der Waals surface area (Å²) in [6.07, 6.45) is 4.22. The van der Waals surface area contributed by atoms with Gasteiger partial charge in [-0.25, -0.2) is 0 Å². The summed E-state index contributed by atoms with van der Waals surface area (Å²) in [6.45, 7) is 36.8. The van der Waals surface area contributed by atoms with Crippen LogP contribution in [0.3, 0.4) is 0 Å². The highest BCUT2D eigenvalue weighted by atomic mass is 16.6. The van der Waals surface area contributed by atoms with Gasteiger partial charge in [0.1, 0.15) is 57.8 Å². The molecular formula is C51H94N3O9+3. The van der Waals surface area contributed by atoms with E-state index in [1.165, 1.54) is 5.57 Å². The molecule has 0 saturated heterocycles. The van der Waals surface area contributed by atoms with Crippen molar-refractivity contribution in [1.82, 2.24) is 0 Å². The number of carbonyl (C=O) groups excluding carboxylic acids is 3. The summed E-state index contributed by atoms with van der Waals surface area (Å²) in [6, 6.07) is 0. The highest BCUT2D eigenvalue weighted by Gasteiger charge is 2.71. The Morgan fingerprint density at radius 2 is 1.06 bits per heavy atom. The Hall–Kier alpha value is -2.09. The summed E-state index contributed by atoms with van der Waals surface area (Å²) in [5.41, 5.74) is -0.701. The summed E-state index contributed by atoms with van der Waals surface area (Å²) in [5.74, 6) is -3.05. The summed E-state index contributed by atoms with van der Waals surface area (Å²) < 4.78 is 20.6. The fraction of sp³-hybridized carbons (Fsp3) is 0.902. The molecular weight excluding hydrogens is 799 g/mol. The molecule has 2 bridgehead atoms. The van der Waals surface area contributed by atoms with Gasteiger partial charge >= 0.3 is 17.9 Å². The normalized spacial score (nSPS) is 31.1. The van der Waals surface area contributed by atoms with Gasteiger partial charge in [0, 0.05) is 5.41 Å². The van der Waals surface area contributed by atoms with E-state index in [4.69, 9.17) is 14.2 Å². The third-order valence-corrected chi connectivity index (χ3v) is 18.7. The predicted octanol–water partition coefficient (Wildman–Crippen LogP) is 6.39. The predicted molar refractivity (Wildman–Crippen MR) is 248 cm³/mol. The molecule has 7 unspecified atom stereocenters. The van der Waals surface area contributed by atoms with Crippen LogP contribution in [0.15, 0.2) is 11.6 Å². The Balaban J connectivity index is 1.71. The monoisotopic (exact) mass is 893 g/mol. The van der Waals surface area contributed by atoms with Crippen LogP contribution in [0.4, 0.5) is 0 Å². The van der Waals surface area contributed by atoms with Gasteiger partial charge in [0.15, 0.2) is 0 Å². The molecule has 12 nitrogen and oxygen atoms in total. The third kappa shape index (κ3) is 10.6. The highest BCUT2D eigenvalue weighted by molar-refractivity contribution is 5.85. The Morgan fingerprint density at radius 3 is 1.49 bits per heavy atom. The van der Waals surface area contributed by atoms with Crippen molar-refractivity contribution >= 4 is 17.9 Å². The lowest BCUT2D eigenvalue weighted by Crippen LogP contribution is -2.67. The van der Waals surface area contributed by atoms with Crippen LogP contribution < -0.4 is 0 Å². The lowest BCUT2D eigenvalue weighted by molar-refractivity contribution is -0.926. The van der Waals surface area contributed by atoms with Gasteiger partial charge in [0.25, 0.3) is 0 Å². The number of hydrogen-bond donors (Lipinski definition) is 3. The molecule has 364 valence electrons. The van der Waals surface area contributed by atoms with Gasteiger partial charge in [-0.1, -0.05) is 38.8 Å². The maximum Gasteiger partial charge on any atom is 0.312 e. The van der Waals surface area contributed by atoms with Gasteiger partial charge in [-0.2, -0.15) is 0 Å². The van der Waals surface area contributed by atoms with Crippen LogP contribution in [0.1, 0.15) is 129 Å². The first-order chi connectivity index (χ1) is 29.7. The molecule has 3 saturated carbocycles. The number of hydrogen-bond acceptors (Lipinski definition) is 9. The van der Waals surface area contributed by atoms with Crippen molar-refractivity contribution in [1.29, 1.82) is 0 Å². The Morgan fingerprint density at radius 1 is 0.635 bits per heavy atom. The minimum Gasteiger partial charge on any atom is -0.462 e. The standard InChI is InChI=1S/C51H94N3O9/c1-14-52(15-2,16-3)30-37(55)33-61-46(58)44-40-28-43-49(12)25-23-26-50(13,48(60)63-35-39(57)32-54(20-7,21-8)22-9)42(49)24-27-51(43,29-41(40)36(10)11)45(44)47(59)62-34-38(56)31-53(17-4,18-5)19-6/h29,36-40,42-45,55-57H,14-28,30-35H2,1-13H3/q+3/t37?,38?,39?,40?,42-,43-,44?,45?,49+,50-,51?/m1/s1. The lowest BCUT2D eigenvalue weighted by Gasteiger charge is -2.69. The molecule has 5 aliphatic carbocycles. The summed E-state index contributed by atoms with van der Waals surface area (Å²) >= 11 is 0. The zero-order chi connectivity index (χ0) is 47.2. The number of carbonyl (C=O) groups is 3. The molecule has 0 heterocycles. The molecule has 3 fully saturated rings. The quantitative estimate of drug-likeness (QED) is 0.0413. The van der Waals surface area contributed by atoms with Gasteiger partial charge in [0.05, 0.1) is 76.2 Å². The van der Waals surface area contributed by atoms with Crippen molar-refractivity contribution in [2.75, 3.05) is 98.4 Å².